The SMILES string of the molecule is Fc1ccc(C(F)(F)F)cc1CN1CCc2nc(C3CC3)ncc2C1. The number of benzene rings is 1. The quantitative estimate of drug-likeness (QED) is 0.781. The van der Waals surface area contributed by atoms with Gasteiger partial charge in [-0.1, -0.05) is 0 Å². The van der Waals surface area contributed by atoms with Crippen molar-refractivity contribution in [3.8, 4) is 0 Å². The molecule has 1 aliphatic heterocycles. The molecule has 132 valence electrons. The molecular formula is C18H17F4N3. The zero-order valence-corrected chi connectivity index (χ0v) is 13.5. The highest BCUT2D eigenvalue weighted by molar-refractivity contribution is 5.28. The van der Waals surface area contributed by atoms with Crippen molar-refractivity contribution in [2.24, 2.45) is 0 Å². The van der Waals surface area contributed by atoms with Gasteiger partial charge in [0.05, 0.1) is 5.56 Å². The molecule has 7 heteroatoms. The van der Waals surface area contributed by atoms with Crippen molar-refractivity contribution in [2.75, 3.05) is 6.54 Å². The first-order chi connectivity index (χ1) is 11.9. The van der Waals surface area contributed by atoms with Gasteiger partial charge in [-0.15, -0.1) is 0 Å². The van der Waals surface area contributed by atoms with Gasteiger partial charge in [-0.05, 0) is 31.0 Å². The summed E-state index contributed by atoms with van der Waals surface area (Å²) in [4.78, 5) is 11.0. The predicted octanol–water partition coefficient (Wildman–Crippen LogP) is 4.07. The van der Waals surface area contributed by atoms with E-state index in [1.165, 1.54) is 0 Å². The van der Waals surface area contributed by atoms with Gasteiger partial charge in [-0.25, -0.2) is 14.4 Å². The average molecular weight is 351 g/mol. The van der Waals surface area contributed by atoms with E-state index in [2.05, 4.69) is 9.97 Å². The Morgan fingerprint density at radius 2 is 2.00 bits per heavy atom. The van der Waals surface area contributed by atoms with Gasteiger partial charge in [0.2, 0.25) is 0 Å². The van der Waals surface area contributed by atoms with Crippen LogP contribution < -0.4 is 0 Å². The van der Waals surface area contributed by atoms with Gasteiger partial charge in [0, 0.05) is 55.0 Å². The maximum Gasteiger partial charge on any atom is 0.416 e. The van der Waals surface area contributed by atoms with Crippen LogP contribution in [0.1, 0.15) is 47.0 Å². The largest absolute Gasteiger partial charge is 0.416 e. The molecule has 0 bridgehead atoms. The van der Waals surface area contributed by atoms with Gasteiger partial charge >= 0.3 is 6.18 Å². The normalized spacial score (nSPS) is 18.2. The molecule has 3 nitrogen and oxygen atoms in total. The zero-order valence-electron chi connectivity index (χ0n) is 13.5. The van der Waals surface area contributed by atoms with Gasteiger partial charge in [0.1, 0.15) is 11.6 Å². The lowest BCUT2D eigenvalue weighted by Gasteiger charge is -2.28. The van der Waals surface area contributed by atoms with Crippen LogP contribution in [0.15, 0.2) is 24.4 Å². The number of rotatable bonds is 3. The molecule has 0 unspecified atom stereocenters. The van der Waals surface area contributed by atoms with E-state index >= 15 is 0 Å². The fourth-order valence-corrected chi connectivity index (χ4v) is 3.18. The van der Waals surface area contributed by atoms with E-state index in [1.54, 1.807) is 0 Å². The van der Waals surface area contributed by atoms with Crippen molar-refractivity contribution in [3.05, 3.63) is 58.4 Å². The Balaban J connectivity index is 1.51. The maximum absolute atomic E-state index is 13.9. The van der Waals surface area contributed by atoms with E-state index in [9.17, 15) is 17.6 Å². The Hall–Kier alpha value is -2.02. The van der Waals surface area contributed by atoms with Gasteiger partial charge in [-0.2, -0.15) is 13.2 Å². The molecule has 0 N–H and O–H groups in total. The molecule has 1 saturated carbocycles. The van der Waals surface area contributed by atoms with Gasteiger partial charge in [0.25, 0.3) is 0 Å². The number of fused-ring (bicyclic) bond motifs is 1. The highest BCUT2D eigenvalue weighted by Crippen LogP contribution is 2.38. The summed E-state index contributed by atoms with van der Waals surface area (Å²) >= 11 is 0. The summed E-state index contributed by atoms with van der Waals surface area (Å²) in [5, 5.41) is 0. The van der Waals surface area contributed by atoms with Crippen LogP contribution in [0.3, 0.4) is 0 Å². The second kappa shape index (κ2) is 6.05. The van der Waals surface area contributed by atoms with Gasteiger partial charge < -0.3 is 0 Å². The fraction of sp³-hybridized carbons (Fsp3) is 0.444. The molecule has 1 fully saturated rings. The van der Waals surface area contributed by atoms with E-state index in [0.29, 0.717) is 25.4 Å². The molecule has 0 saturated heterocycles. The highest BCUT2D eigenvalue weighted by Gasteiger charge is 2.32. The maximum atomic E-state index is 13.9. The van der Waals surface area contributed by atoms with Crippen molar-refractivity contribution in [1.82, 2.24) is 14.9 Å². The summed E-state index contributed by atoms with van der Waals surface area (Å²) in [5.41, 5.74) is 1.23. The topological polar surface area (TPSA) is 29.0 Å². The van der Waals surface area contributed by atoms with Crippen LogP contribution in [-0.4, -0.2) is 21.4 Å². The third kappa shape index (κ3) is 3.51. The highest BCUT2D eigenvalue weighted by atomic mass is 19.4. The monoisotopic (exact) mass is 351 g/mol. The molecule has 1 aromatic heterocycles. The Morgan fingerprint density at radius 3 is 2.72 bits per heavy atom. The van der Waals surface area contributed by atoms with Gasteiger partial charge in [-0.3, -0.25) is 4.90 Å². The van der Waals surface area contributed by atoms with Crippen LogP contribution >= 0.6 is 0 Å². The van der Waals surface area contributed by atoms with E-state index < -0.39 is 17.6 Å². The van der Waals surface area contributed by atoms with Crippen LogP contribution in [0, 0.1) is 5.82 Å². The summed E-state index contributed by atoms with van der Waals surface area (Å²) in [6.07, 6.45) is 0.326. The summed E-state index contributed by atoms with van der Waals surface area (Å²) < 4.78 is 52.4. The standard InChI is InChI=1S/C18H17F4N3/c19-15-4-3-14(18(20,21)22)7-12(15)9-25-6-5-16-13(10-25)8-23-17(24-16)11-1-2-11/h3-4,7-8,11H,1-2,5-6,9-10H2. The van der Waals surface area contributed by atoms with E-state index in [-0.39, 0.29) is 12.1 Å². The third-order valence-corrected chi connectivity index (χ3v) is 4.74. The summed E-state index contributed by atoms with van der Waals surface area (Å²) in [5.74, 6) is 0.776. The second-order valence-corrected chi connectivity index (χ2v) is 6.74. The van der Waals surface area contributed by atoms with E-state index in [1.807, 2.05) is 11.1 Å². The first-order valence-corrected chi connectivity index (χ1v) is 8.33. The van der Waals surface area contributed by atoms with Crippen molar-refractivity contribution in [3.63, 3.8) is 0 Å². The summed E-state index contributed by atoms with van der Waals surface area (Å²) in [6, 6.07) is 2.57. The molecule has 25 heavy (non-hydrogen) atoms. The minimum atomic E-state index is -4.47. The fourth-order valence-electron chi connectivity index (χ4n) is 3.18. The third-order valence-electron chi connectivity index (χ3n) is 4.74. The lowest BCUT2D eigenvalue weighted by molar-refractivity contribution is -0.137. The van der Waals surface area contributed by atoms with E-state index in [0.717, 1.165) is 48.1 Å². The second-order valence-electron chi connectivity index (χ2n) is 6.74. The molecule has 0 radical (unpaired) electrons. The molecule has 2 aliphatic rings. The Morgan fingerprint density at radius 1 is 1.20 bits per heavy atom. The first kappa shape index (κ1) is 16.4. The number of nitrogens with zero attached hydrogens (tertiary/aromatic N) is 3. The average Bonchev–Trinajstić information content (AvgIpc) is 3.40. The number of hydrogen-bond acceptors (Lipinski definition) is 3. The van der Waals surface area contributed by atoms with Crippen molar-refractivity contribution >= 4 is 0 Å². The predicted molar refractivity (Wildman–Crippen MR) is 83.2 cm³/mol. The minimum Gasteiger partial charge on any atom is -0.294 e. The molecule has 1 aromatic carbocycles. The Bertz CT molecular complexity index is 799. The smallest absolute Gasteiger partial charge is 0.294 e. The van der Waals surface area contributed by atoms with Crippen molar-refractivity contribution in [1.29, 1.82) is 0 Å². The zero-order chi connectivity index (χ0) is 17.6. The van der Waals surface area contributed by atoms with Crippen molar-refractivity contribution in [2.45, 2.75) is 44.4 Å². The van der Waals surface area contributed by atoms with Crippen molar-refractivity contribution < 1.29 is 17.6 Å². The lowest BCUT2D eigenvalue weighted by atomic mass is 10.0. The molecule has 0 spiro atoms. The molecular weight excluding hydrogens is 334 g/mol. The molecule has 2 heterocycles. The van der Waals surface area contributed by atoms with Crippen LogP contribution in [-0.2, 0) is 25.7 Å². The summed E-state index contributed by atoms with van der Waals surface area (Å²) in [7, 11) is 0. The Kier molecular flexibility index (Phi) is 3.98. The number of halogens is 4. The van der Waals surface area contributed by atoms with Crippen LogP contribution in [0.25, 0.3) is 0 Å². The minimum absolute atomic E-state index is 0.0637. The molecule has 4 rings (SSSR count). The molecule has 2 aromatic rings. The molecule has 1 aliphatic carbocycles. The van der Waals surface area contributed by atoms with Crippen LogP contribution in [0.5, 0.6) is 0 Å². The Labute approximate surface area is 142 Å². The van der Waals surface area contributed by atoms with Crippen LogP contribution in [0.2, 0.25) is 0 Å². The molecule has 0 amide bonds. The summed E-state index contributed by atoms with van der Waals surface area (Å²) in [6.45, 7) is 1.30. The van der Waals surface area contributed by atoms with Crippen LogP contribution in [0.4, 0.5) is 17.6 Å². The first-order valence-electron chi connectivity index (χ1n) is 8.33. The number of alkyl halides is 3. The van der Waals surface area contributed by atoms with E-state index in [4.69, 9.17) is 0 Å². The number of hydrogen-bond donors (Lipinski definition) is 0. The number of aromatic nitrogens is 2. The molecule has 0 atom stereocenters. The lowest BCUT2D eigenvalue weighted by Crippen LogP contribution is -2.31. The van der Waals surface area contributed by atoms with Gasteiger partial charge in [0.15, 0.2) is 0 Å².